The van der Waals surface area contributed by atoms with Crippen molar-refractivity contribution in [3.63, 3.8) is 0 Å². The molecule has 8 heteroatoms. The molecule has 1 amide bonds. The highest BCUT2D eigenvalue weighted by atomic mass is 35.5. The van der Waals surface area contributed by atoms with E-state index in [-0.39, 0.29) is 5.69 Å². The molecule has 0 saturated heterocycles. The van der Waals surface area contributed by atoms with Crippen LogP contribution < -0.4 is 10.6 Å². The second kappa shape index (κ2) is 8.10. The molecule has 0 fully saturated rings. The molecular formula is C15H17Cl2N5O. The van der Waals surface area contributed by atoms with E-state index >= 15 is 0 Å². The molecule has 0 aliphatic carbocycles. The van der Waals surface area contributed by atoms with E-state index in [1.807, 2.05) is 14.1 Å². The predicted octanol–water partition coefficient (Wildman–Crippen LogP) is 3.01. The zero-order valence-corrected chi connectivity index (χ0v) is 14.3. The first-order valence-electron chi connectivity index (χ1n) is 6.93. The van der Waals surface area contributed by atoms with Gasteiger partial charge in [0, 0.05) is 13.1 Å². The summed E-state index contributed by atoms with van der Waals surface area (Å²) in [6, 6.07) is 4.99. The third kappa shape index (κ3) is 5.06. The Kier molecular flexibility index (Phi) is 6.15. The number of anilines is 2. The lowest BCUT2D eigenvalue weighted by Crippen LogP contribution is -2.21. The van der Waals surface area contributed by atoms with Gasteiger partial charge in [0.05, 0.1) is 28.1 Å². The van der Waals surface area contributed by atoms with Gasteiger partial charge in [0.25, 0.3) is 5.91 Å². The molecule has 0 aliphatic heterocycles. The SMILES string of the molecule is CN(C)CCNc1cnc(C(=O)Nc2c(Cl)cccc2Cl)cn1. The van der Waals surface area contributed by atoms with Crippen LogP contribution in [-0.4, -0.2) is 48.0 Å². The number of carbonyl (C=O) groups is 1. The Hall–Kier alpha value is -1.89. The first kappa shape index (κ1) is 17.5. The Bertz CT molecular complexity index is 656. The highest BCUT2D eigenvalue weighted by molar-refractivity contribution is 6.39. The average Bonchev–Trinajstić information content (AvgIpc) is 2.51. The average molecular weight is 354 g/mol. The van der Waals surface area contributed by atoms with Gasteiger partial charge >= 0.3 is 0 Å². The van der Waals surface area contributed by atoms with Crippen LogP contribution in [0.4, 0.5) is 11.5 Å². The van der Waals surface area contributed by atoms with Crippen molar-refractivity contribution in [3.05, 3.63) is 46.3 Å². The van der Waals surface area contributed by atoms with Crippen LogP contribution in [0, 0.1) is 0 Å². The second-order valence-electron chi connectivity index (χ2n) is 5.07. The lowest BCUT2D eigenvalue weighted by molar-refractivity contribution is 0.102. The topological polar surface area (TPSA) is 70.2 Å². The van der Waals surface area contributed by atoms with Gasteiger partial charge in [0.15, 0.2) is 0 Å². The molecule has 6 nitrogen and oxygen atoms in total. The minimum absolute atomic E-state index is 0.180. The normalized spacial score (nSPS) is 10.7. The van der Waals surface area contributed by atoms with Gasteiger partial charge in [-0.15, -0.1) is 0 Å². The fourth-order valence-electron chi connectivity index (χ4n) is 1.74. The molecule has 1 aromatic heterocycles. The van der Waals surface area contributed by atoms with Crippen LogP contribution in [0.2, 0.25) is 10.0 Å². The molecule has 0 radical (unpaired) electrons. The van der Waals surface area contributed by atoms with Crippen molar-refractivity contribution in [3.8, 4) is 0 Å². The summed E-state index contributed by atoms with van der Waals surface area (Å²) in [4.78, 5) is 22.5. The predicted molar refractivity (Wildman–Crippen MR) is 93.5 cm³/mol. The molecule has 0 unspecified atom stereocenters. The standard InChI is InChI=1S/C15H17Cl2N5O/c1-22(2)7-6-18-13-9-19-12(8-20-13)15(23)21-14-10(16)4-3-5-11(14)17/h3-5,8-9H,6-7H2,1-2H3,(H,18,20)(H,21,23). The molecular weight excluding hydrogens is 337 g/mol. The Balaban J connectivity index is 2.00. The molecule has 23 heavy (non-hydrogen) atoms. The van der Waals surface area contributed by atoms with Crippen LogP contribution >= 0.6 is 23.2 Å². The van der Waals surface area contributed by atoms with Crippen molar-refractivity contribution in [2.75, 3.05) is 37.8 Å². The molecule has 0 aliphatic rings. The van der Waals surface area contributed by atoms with E-state index in [2.05, 4.69) is 25.5 Å². The maximum absolute atomic E-state index is 12.2. The third-order valence-electron chi connectivity index (χ3n) is 2.95. The Morgan fingerprint density at radius 1 is 1.17 bits per heavy atom. The van der Waals surface area contributed by atoms with E-state index in [4.69, 9.17) is 23.2 Å². The van der Waals surface area contributed by atoms with Gasteiger partial charge in [-0.25, -0.2) is 9.97 Å². The number of para-hydroxylation sites is 1. The van der Waals surface area contributed by atoms with Gasteiger partial charge in [0.2, 0.25) is 0 Å². The molecule has 0 spiro atoms. The minimum Gasteiger partial charge on any atom is -0.368 e. The zero-order valence-electron chi connectivity index (χ0n) is 12.8. The van der Waals surface area contributed by atoms with Crippen molar-refractivity contribution in [2.45, 2.75) is 0 Å². The van der Waals surface area contributed by atoms with Crippen LogP contribution in [0.15, 0.2) is 30.6 Å². The summed E-state index contributed by atoms with van der Waals surface area (Å²) in [6.07, 6.45) is 2.91. The number of rotatable bonds is 6. The number of nitrogens with zero attached hydrogens (tertiary/aromatic N) is 3. The monoisotopic (exact) mass is 353 g/mol. The number of halogens is 2. The van der Waals surface area contributed by atoms with Crippen LogP contribution in [-0.2, 0) is 0 Å². The van der Waals surface area contributed by atoms with Crippen LogP contribution in [0.1, 0.15) is 10.5 Å². The van der Waals surface area contributed by atoms with Crippen LogP contribution in [0.25, 0.3) is 0 Å². The van der Waals surface area contributed by atoms with Gasteiger partial charge in [-0.2, -0.15) is 0 Å². The highest BCUT2D eigenvalue weighted by Crippen LogP contribution is 2.30. The molecule has 0 bridgehead atoms. The molecule has 122 valence electrons. The molecule has 1 heterocycles. The highest BCUT2D eigenvalue weighted by Gasteiger charge is 2.13. The molecule has 0 atom stereocenters. The van der Waals surface area contributed by atoms with Gasteiger partial charge in [-0.3, -0.25) is 4.79 Å². The molecule has 1 aromatic carbocycles. The number of nitrogens with one attached hydrogen (secondary N) is 2. The maximum atomic E-state index is 12.2. The van der Waals surface area contributed by atoms with E-state index < -0.39 is 5.91 Å². The second-order valence-corrected chi connectivity index (χ2v) is 5.88. The van der Waals surface area contributed by atoms with Crippen molar-refractivity contribution in [1.29, 1.82) is 0 Å². The number of amides is 1. The first-order chi connectivity index (χ1) is 11.0. The van der Waals surface area contributed by atoms with Crippen LogP contribution in [0.5, 0.6) is 0 Å². The minimum atomic E-state index is -0.424. The number of likely N-dealkylation sites (N-methyl/N-ethyl adjacent to an activating group) is 1. The Morgan fingerprint density at radius 3 is 2.43 bits per heavy atom. The number of hydrogen-bond donors (Lipinski definition) is 2. The fraction of sp³-hybridized carbons (Fsp3) is 0.267. The largest absolute Gasteiger partial charge is 0.368 e. The van der Waals surface area contributed by atoms with Crippen molar-refractivity contribution >= 4 is 40.6 Å². The summed E-state index contributed by atoms with van der Waals surface area (Å²) in [5.41, 5.74) is 0.537. The quantitative estimate of drug-likeness (QED) is 0.835. The van der Waals surface area contributed by atoms with Crippen molar-refractivity contribution in [2.24, 2.45) is 0 Å². The van der Waals surface area contributed by atoms with E-state index in [9.17, 15) is 4.79 Å². The van der Waals surface area contributed by atoms with E-state index in [0.717, 1.165) is 13.1 Å². The van der Waals surface area contributed by atoms with E-state index in [1.54, 1.807) is 18.2 Å². The summed E-state index contributed by atoms with van der Waals surface area (Å²) in [5, 5.41) is 6.48. The first-order valence-corrected chi connectivity index (χ1v) is 7.69. The van der Waals surface area contributed by atoms with E-state index in [1.165, 1.54) is 12.4 Å². The smallest absolute Gasteiger partial charge is 0.275 e. The van der Waals surface area contributed by atoms with Gasteiger partial charge in [0.1, 0.15) is 11.5 Å². The van der Waals surface area contributed by atoms with Crippen molar-refractivity contribution < 1.29 is 4.79 Å². The number of hydrogen-bond acceptors (Lipinski definition) is 5. The fourth-order valence-corrected chi connectivity index (χ4v) is 2.23. The molecule has 2 N–H and O–H groups in total. The number of aromatic nitrogens is 2. The van der Waals surface area contributed by atoms with Gasteiger partial charge in [-0.1, -0.05) is 29.3 Å². The molecule has 2 aromatic rings. The lowest BCUT2D eigenvalue weighted by atomic mass is 10.3. The third-order valence-corrected chi connectivity index (χ3v) is 3.58. The molecule has 0 saturated carbocycles. The summed E-state index contributed by atoms with van der Waals surface area (Å²) < 4.78 is 0. The van der Waals surface area contributed by atoms with Gasteiger partial charge < -0.3 is 15.5 Å². The Labute approximate surface area is 144 Å². The number of carbonyl (C=O) groups excluding carboxylic acids is 1. The zero-order chi connectivity index (χ0) is 16.8. The van der Waals surface area contributed by atoms with E-state index in [0.29, 0.717) is 21.6 Å². The summed E-state index contributed by atoms with van der Waals surface area (Å²) in [6.45, 7) is 1.61. The van der Waals surface area contributed by atoms with Gasteiger partial charge in [-0.05, 0) is 26.2 Å². The number of benzene rings is 1. The molecule has 2 rings (SSSR count). The summed E-state index contributed by atoms with van der Waals surface area (Å²) >= 11 is 12.0. The summed E-state index contributed by atoms with van der Waals surface area (Å²) in [7, 11) is 3.97. The van der Waals surface area contributed by atoms with Crippen LogP contribution in [0.3, 0.4) is 0 Å². The lowest BCUT2D eigenvalue weighted by Gasteiger charge is -2.11. The van der Waals surface area contributed by atoms with Crippen molar-refractivity contribution in [1.82, 2.24) is 14.9 Å². The Morgan fingerprint density at radius 2 is 1.87 bits per heavy atom. The summed E-state index contributed by atoms with van der Waals surface area (Å²) in [5.74, 6) is 0.187. The maximum Gasteiger partial charge on any atom is 0.275 e.